The molecule has 21 heavy (non-hydrogen) atoms. The van der Waals surface area contributed by atoms with Crippen molar-refractivity contribution in [3.05, 3.63) is 33.9 Å². The monoisotopic (exact) mass is 292 g/mol. The van der Waals surface area contributed by atoms with Gasteiger partial charge in [0.15, 0.2) is 0 Å². The molecule has 0 bridgehead atoms. The predicted octanol–water partition coefficient (Wildman–Crippen LogP) is 2.12. The quantitative estimate of drug-likeness (QED) is 0.327. The van der Waals surface area contributed by atoms with Crippen LogP contribution in [0.4, 0.5) is 5.69 Å². The lowest BCUT2D eigenvalue weighted by Crippen LogP contribution is -2.19. The lowest BCUT2D eigenvalue weighted by molar-refractivity contribution is -0.384. The van der Waals surface area contributed by atoms with Gasteiger partial charge in [0.2, 0.25) is 0 Å². The highest BCUT2D eigenvalue weighted by Crippen LogP contribution is 2.24. The first-order valence-electron chi connectivity index (χ1n) is 6.68. The number of hydrogen-bond donors (Lipinski definition) is 1. The minimum absolute atomic E-state index is 0.0549. The number of non-ortho nitro benzene ring substituents is 1. The van der Waals surface area contributed by atoms with Crippen molar-refractivity contribution in [3.63, 3.8) is 0 Å². The Morgan fingerprint density at radius 2 is 2.19 bits per heavy atom. The van der Waals surface area contributed by atoms with E-state index in [0.717, 1.165) is 5.56 Å². The molecule has 0 saturated carbocycles. The van der Waals surface area contributed by atoms with Gasteiger partial charge in [-0.2, -0.15) is 0 Å². The van der Waals surface area contributed by atoms with Gasteiger partial charge in [-0.1, -0.05) is 0 Å². The zero-order valence-electron chi connectivity index (χ0n) is 12.3. The van der Waals surface area contributed by atoms with Gasteiger partial charge in [0.05, 0.1) is 18.1 Å². The summed E-state index contributed by atoms with van der Waals surface area (Å²) in [4.78, 5) is 10.4. The van der Waals surface area contributed by atoms with E-state index < -0.39 is 4.92 Å². The van der Waals surface area contributed by atoms with Crippen LogP contribution in [0.3, 0.4) is 0 Å². The molecular weight excluding hydrogens is 272 g/mol. The average Bonchev–Trinajstić information content (AvgIpc) is 2.48. The molecule has 0 aliphatic carbocycles. The van der Waals surface area contributed by atoms with E-state index in [1.165, 1.54) is 12.1 Å². The fraction of sp³-hybridized carbons (Fsp3) is 0.467. The van der Waals surface area contributed by atoms with Crippen LogP contribution in [0.5, 0.6) is 5.75 Å². The maximum absolute atomic E-state index is 10.8. The van der Waals surface area contributed by atoms with Crippen LogP contribution in [0, 0.1) is 22.0 Å². The number of hydrogen-bond acceptors (Lipinski definition) is 5. The Morgan fingerprint density at radius 3 is 2.86 bits per heavy atom. The van der Waals surface area contributed by atoms with Crippen molar-refractivity contribution in [2.45, 2.75) is 19.9 Å². The molecule has 0 fully saturated rings. The number of nitrogens with one attached hydrogen (secondary N) is 1. The third kappa shape index (κ3) is 6.25. The molecule has 1 N–H and O–H groups in total. The van der Waals surface area contributed by atoms with Crippen molar-refractivity contribution in [2.75, 3.05) is 26.9 Å². The van der Waals surface area contributed by atoms with Crippen molar-refractivity contribution in [1.29, 1.82) is 0 Å². The highest BCUT2D eigenvalue weighted by Gasteiger charge is 2.11. The standard InChI is InChI=1S/C15H20N2O4/c1-3-4-5-9-21-15-7-6-14(17(18)19)11-13(15)12-16-8-10-20-2/h6-7,11,16H,5,8-10,12H2,1-2H3. The summed E-state index contributed by atoms with van der Waals surface area (Å²) in [6, 6.07) is 4.60. The van der Waals surface area contributed by atoms with E-state index in [1.54, 1.807) is 20.1 Å². The molecule has 6 nitrogen and oxygen atoms in total. The van der Waals surface area contributed by atoms with E-state index in [-0.39, 0.29) is 5.69 Å². The Hall–Kier alpha value is -2.10. The van der Waals surface area contributed by atoms with E-state index in [9.17, 15) is 10.1 Å². The molecule has 0 aliphatic rings. The van der Waals surface area contributed by atoms with Gasteiger partial charge < -0.3 is 14.8 Å². The van der Waals surface area contributed by atoms with Crippen molar-refractivity contribution in [3.8, 4) is 17.6 Å². The molecule has 6 heteroatoms. The number of nitrogens with zero attached hydrogens (tertiary/aromatic N) is 1. The number of benzene rings is 1. The average molecular weight is 292 g/mol. The van der Waals surface area contributed by atoms with Gasteiger partial charge >= 0.3 is 0 Å². The van der Waals surface area contributed by atoms with E-state index in [0.29, 0.717) is 38.5 Å². The Bertz CT molecular complexity index is 520. The molecule has 0 spiro atoms. The van der Waals surface area contributed by atoms with E-state index >= 15 is 0 Å². The summed E-state index contributed by atoms with van der Waals surface area (Å²) in [5, 5.41) is 14.0. The van der Waals surface area contributed by atoms with Crippen molar-refractivity contribution in [1.82, 2.24) is 5.32 Å². The van der Waals surface area contributed by atoms with Gasteiger partial charge in [-0.3, -0.25) is 10.1 Å². The van der Waals surface area contributed by atoms with Crippen LogP contribution >= 0.6 is 0 Å². The maximum Gasteiger partial charge on any atom is 0.270 e. The molecule has 0 aromatic heterocycles. The Kier molecular flexibility index (Phi) is 7.87. The lowest BCUT2D eigenvalue weighted by Gasteiger charge is -2.11. The first-order valence-corrected chi connectivity index (χ1v) is 6.68. The first kappa shape index (κ1) is 17.0. The second kappa shape index (κ2) is 9.75. The van der Waals surface area contributed by atoms with Gasteiger partial charge in [-0.05, 0) is 13.0 Å². The van der Waals surface area contributed by atoms with Crippen molar-refractivity contribution in [2.24, 2.45) is 0 Å². The summed E-state index contributed by atoms with van der Waals surface area (Å²) in [5.74, 6) is 6.35. The summed E-state index contributed by atoms with van der Waals surface area (Å²) >= 11 is 0. The minimum Gasteiger partial charge on any atom is -0.492 e. The largest absolute Gasteiger partial charge is 0.492 e. The number of nitro benzene ring substituents is 1. The normalized spacial score (nSPS) is 9.81. The van der Waals surface area contributed by atoms with Gasteiger partial charge in [-0.25, -0.2) is 0 Å². The summed E-state index contributed by atoms with van der Waals surface area (Å²) in [6.45, 7) is 3.97. The van der Waals surface area contributed by atoms with E-state index in [1.807, 2.05) is 0 Å². The number of methoxy groups -OCH3 is 1. The predicted molar refractivity (Wildman–Crippen MR) is 80.2 cm³/mol. The van der Waals surface area contributed by atoms with Gasteiger partial charge in [-0.15, -0.1) is 11.8 Å². The molecule has 0 aliphatic heterocycles. The Morgan fingerprint density at radius 1 is 1.38 bits per heavy atom. The molecule has 0 atom stereocenters. The highest BCUT2D eigenvalue weighted by atomic mass is 16.6. The number of ether oxygens (including phenoxy) is 2. The third-order valence-electron chi connectivity index (χ3n) is 2.71. The molecule has 1 rings (SSSR count). The second-order valence-electron chi connectivity index (χ2n) is 4.24. The fourth-order valence-corrected chi connectivity index (χ4v) is 1.69. The molecule has 0 saturated heterocycles. The summed E-state index contributed by atoms with van der Waals surface area (Å²) in [5.41, 5.74) is 0.809. The molecule has 0 amide bonds. The molecule has 114 valence electrons. The summed E-state index contributed by atoms with van der Waals surface area (Å²) in [7, 11) is 1.62. The van der Waals surface area contributed by atoms with E-state index in [4.69, 9.17) is 9.47 Å². The van der Waals surface area contributed by atoms with Crippen LogP contribution in [0.15, 0.2) is 18.2 Å². The number of nitro groups is 1. The summed E-state index contributed by atoms with van der Waals surface area (Å²) in [6.07, 6.45) is 0.629. The van der Waals surface area contributed by atoms with Crippen LogP contribution in [-0.2, 0) is 11.3 Å². The zero-order valence-corrected chi connectivity index (χ0v) is 12.3. The zero-order chi connectivity index (χ0) is 15.5. The first-order chi connectivity index (χ1) is 10.2. The van der Waals surface area contributed by atoms with Gasteiger partial charge in [0.1, 0.15) is 5.75 Å². The SMILES string of the molecule is CC#CCCOc1ccc([N+](=O)[O-])cc1CNCCOC. The molecular formula is C15H20N2O4. The van der Waals surface area contributed by atoms with Crippen LogP contribution in [0.25, 0.3) is 0 Å². The van der Waals surface area contributed by atoms with Crippen molar-refractivity contribution >= 4 is 5.69 Å². The minimum atomic E-state index is -0.412. The lowest BCUT2D eigenvalue weighted by atomic mass is 10.1. The van der Waals surface area contributed by atoms with Crippen LogP contribution in [-0.4, -0.2) is 31.8 Å². The van der Waals surface area contributed by atoms with Gasteiger partial charge in [0, 0.05) is 44.3 Å². The molecule has 1 aromatic rings. The Balaban J connectivity index is 2.73. The molecule has 1 aromatic carbocycles. The third-order valence-corrected chi connectivity index (χ3v) is 2.71. The fourth-order valence-electron chi connectivity index (χ4n) is 1.69. The topological polar surface area (TPSA) is 73.6 Å². The molecule has 0 radical (unpaired) electrons. The van der Waals surface area contributed by atoms with E-state index in [2.05, 4.69) is 17.2 Å². The molecule has 0 heterocycles. The van der Waals surface area contributed by atoms with Gasteiger partial charge in [0.25, 0.3) is 5.69 Å². The maximum atomic E-state index is 10.8. The second-order valence-corrected chi connectivity index (χ2v) is 4.24. The number of rotatable bonds is 9. The summed E-state index contributed by atoms with van der Waals surface area (Å²) < 4.78 is 10.6. The van der Waals surface area contributed by atoms with Crippen molar-refractivity contribution < 1.29 is 14.4 Å². The molecule has 0 unspecified atom stereocenters. The highest BCUT2D eigenvalue weighted by molar-refractivity contribution is 5.43. The smallest absolute Gasteiger partial charge is 0.270 e. The van der Waals surface area contributed by atoms with Crippen LogP contribution in [0.2, 0.25) is 0 Å². The van der Waals surface area contributed by atoms with Crippen LogP contribution in [0.1, 0.15) is 18.9 Å². The Labute approximate surface area is 124 Å². The van der Waals surface area contributed by atoms with Crippen LogP contribution < -0.4 is 10.1 Å².